The summed E-state index contributed by atoms with van der Waals surface area (Å²) in [7, 11) is 0. The van der Waals surface area contributed by atoms with E-state index in [1.54, 1.807) is 24.3 Å². The number of anilines is 1. The molecule has 168 valence electrons. The van der Waals surface area contributed by atoms with Crippen molar-refractivity contribution in [1.82, 2.24) is 4.90 Å². The fourth-order valence-corrected chi connectivity index (χ4v) is 4.21. The predicted octanol–water partition coefficient (Wildman–Crippen LogP) is 1.64. The van der Waals surface area contributed by atoms with Gasteiger partial charge in [0.25, 0.3) is 0 Å². The van der Waals surface area contributed by atoms with E-state index in [9.17, 15) is 9.59 Å². The van der Waals surface area contributed by atoms with Gasteiger partial charge in [-0.05, 0) is 55.8 Å². The van der Waals surface area contributed by atoms with Crippen LogP contribution in [0, 0.1) is 0 Å². The zero-order valence-electron chi connectivity index (χ0n) is 18.4. The van der Waals surface area contributed by atoms with Gasteiger partial charge >= 0.3 is 5.97 Å². The molecule has 0 unspecified atom stereocenters. The van der Waals surface area contributed by atoms with E-state index in [-0.39, 0.29) is 24.3 Å². The van der Waals surface area contributed by atoms with Crippen LogP contribution in [0.4, 0.5) is 5.69 Å². The molecule has 0 spiro atoms. The molecule has 0 bridgehead atoms. The minimum atomic E-state index is -0.469. The minimum Gasteiger partial charge on any atom is -1.00 e. The first kappa shape index (κ1) is 24.9. The van der Waals surface area contributed by atoms with Crippen LogP contribution < -0.4 is 17.7 Å². The molecule has 3 rings (SSSR count). The van der Waals surface area contributed by atoms with Crippen LogP contribution in [0.15, 0.2) is 54.6 Å². The van der Waals surface area contributed by atoms with Gasteiger partial charge in [-0.3, -0.25) is 4.79 Å². The van der Waals surface area contributed by atoms with Crippen molar-refractivity contribution >= 4 is 17.6 Å². The van der Waals surface area contributed by atoms with Crippen molar-refractivity contribution in [2.45, 2.75) is 44.9 Å². The normalized spacial score (nSPS) is 14.7. The predicted molar refractivity (Wildman–Crippen MR) is 120 cm³/mol. The van der Waals surface area contributed by atoms with Gasteiger partial charge in [-0.15, -0.1) is 0 Å². The summed E-state index contributed by atoms with van der Waals surface area (Å²) < 4.78 is 5.37. The molecule has 0 aromatic heterocycles. The van der Waals surface area contributed by atoms with Crippen LogP contribution in [0.1, 0.15) is 55.5 Å². The van der Waals surface area contributed by atoms with Crippen molar-refractivity contribution in [3.05, 3.63) is 65.7 Å². The highest BCUT2D eigenvalue weighted by Crippen LogP contribution is 2.42. The fourth-order valence-electron chi connectivity index (χ4n) is 4.21. The summed E-state index contributed by atoms with van der Waals surface area (Å²) in [6.07, 6.45) is 3.83. The van der Waals surface area contributed by atoms with Crippen molar-refractivity contribution in [3.8, 4) is 0 Å². The van der Waals surface area contributed by atoms with Gasteiger partial charge in [0.15, 0.2) is 0 Å². The number of ether oxygens (including phenoxy) is 1. The van der Waals surface area contributed by atoms with E-state index < -0.39 is 5.41 Å². The Balaban J connectivity index is 0.00000341. The summed E-state index contributed by atoms with van der Waals surface area (Å²) in [5.41, 5.74) is 1.80. The molecule has 2 aromatic carbocycles. The number of esters is 1. The van der Waals surface area contributed by atoms with E-state index in [0.717, 1.165) is 50.9 Å². The van der Waals surface area contributed by atoms with Crippen LogP contribution in [0.3, 0.4) is 0 Å². The quantitative estimate of drug-likeness (QED) is 0.598. The minimum absolute atomic E-state index is 0. The lowest BCUT2D eigenvalue weighted by atomic mass is 9.78. The summed E-state index contributed by atoms with van der Waals surface area (Å²) in [6, 6.07) is 17.0. The van der Waals surface area contributed by atoms with E-state index >= 15 is 0 Å². The van der Waals surface area contributed by atoms with Crippen LogP contribution >= 0.6 is 0 Å². The smallest absolute Gasteiger partial charge is 0.338 e. The number of benzene rings is 2. The van der Waals surface area contributed by atoms with Crippen molar-refractivity contribution in [1.29, 1.82) is 0 Å². The highest BCUT2D eigenvalue weighted by atomic mass is 35.5. The molecule has 1 aliphatic carbocycles. The maximum atomic E-state index is 13.2. The number of hydrogen-bond acceptors (Lipinski definition) is 4. The SMILES string of the molecule is CCN(CC)CCOC(=O)c1ccc(NC(=O)C2(c3ccccc3)CCCC2)cc1.[Cl-]. The van der Waals surface area contributed by atoms with Gasteiger partial charge in [-0.2, -0.15) is 0 Å². The average molecular weight is 444 g/mol. The molecule has 1 aliphatic rings. The zero-order chi connectivity index (χ0) is 21.4. The maximum Gasteiger partial charge on any atom is 0.338 e. The van der Waals surface area contributed by atoms with Crippen LogP contribution in [-0.4, -0.2) is 43.0 Å². The number of carbonyl (C=O) groups excluding carboxylic acids is 2. The Morgan fingerprint density at radius 2 is 1.58 bits per heavy atom. The van der Waals surface area contributed by atoms with E-state index in [4.69, 9.17) is 4.74 Å². The van der Waals surface area contributed by atoms with Crippen LogP contribution in [0.2, 0.25) is 0 Å². The standard InChI is InChI=1S/C25H32N2O3.ClH/c1-3-27(4-2)18-19-30-23(28)20-12-14-22(15-13-20)26-24(29)25(16-8-9-17-25)21-10-6-5-7-11-21;/h5-7,10-15H,3-4,8-9,16-19H2,1-2H3,(H,26,29);1H/p-1. The fraction of sp³-hybridized carbons (Fsp3) is 0.440. The van der Waals surface area contributed by atoms with Gasteiger partial charge in [0, 0.05) is 12.2 Å². The largest absolute Gasteiger partial charge is 1.00 e. The summed E-state index contributed by atoms with van der Waals surface area (Å²) in [5, 5.41) is 3.06. The molecule has 0 atom stereocenters. The average Bonchev–Trinajstić information content (AvgIpc) is 3.29. The van der Waals surface area contributed by atoms with Crippen LogP contribution in [0.25, 0.3) is 0 Å². The Morgan fingerprint density at radius 3 is 2.16 bits per heavy atom. The maximum absolute atomic E-state index is 13.2. The molecule has 0 radical (unpaired) electrons. The molecule has 5 nitrogen and oxygen atoms in total. The van der Waals surface area contributed by atoms with E-state index in [1.807, 2.05) is 30.3 Å². The van der Waals surface area contributed by atoms with Crippen molar-refractivity contribution in [2.75, 3.05) is 31.6 Å². The van der Waals surface area contributed by atoms with Crippen molar-refractivity contribution in [2.24, 2.45) is 0 Å². The lowest BCUT2D eigenvalue weighted by molar-refractivity contribution is -0.121. The van der Waals surface area contributed by atoms with Crippen LogP contribution in [-0.2, 0) is 14.9 Å². The second kappa shape index (κ2) is 11.9. The molecule has 1 N–H and O–H groups in total. The van der Waals surface area contributed by atoms with Gasteiger partial charge in [0.05, 0.1) is 11.0 Å². The number of likely N-dealkylation sites (N-methyl/N-ethyl adjacent to an activating group) is 1. The molecular weight excluding hydrogens is 412 g/mol. The summed E-state index contributed by atoms with van der Waals surface area (Å²) >= 11 is 0. The van der Waals surface area contributed by atoms with Gasteiger partial charge in [0.2, 0.25) is 5.91 Å². The van der Waals surface area contributed by atoms with E-state index in [0.29, 0.717) is 17.9 Å². The molecule has 6 heteroatoms. The second-order valence-corrected chi connectivity index (χ2v) is 7.85. The number of halogens is 1. The number of nitrogens with zero attached hydrogens (tertiary/aromatic N) is 1. The van der Waals surface area contributed by atoms with Gasteiger partial charge in [-0.1, -0.05) is 57.0 Å². The Hall–Kier alpha value is -2.37. The Labute approximate surface area is 191 Å². The van der Waals surface area contributed by atoms with Crippen molar-refractivity contribution < 1.29 is 26.7 Å². The molecule has 0 aliphatic heterocycles. The van der Waals surface area contributed by atoms with Crippen LogP contribution in [0.5, 0.6) is 0 Å². The van der Waals surface area contributed by atoms with Gasteiger partial charge in [-0.25, -0.2) is 4.79 Å². The molecule has 31 heavy (non-hydrogen) atoms. The first-order chi connectivity index (χ1) is 14.6. The topological polar surface area (TPSA) is 58.6 Å². The first-order valence-corrected chi connectivity index (χ1v) is 11.0. The molecule has 0 saturated heterocycles. The summed E-state index contributed by atoms with van der Waals surface area (Å²) in [5.74, 6) is -0.308. The molecular formula is C25H32ClN2O3-. The number of nitrogens with one attached hydrogen (secondary N) is 1. The van der Waals surface area contributed by atoms with Gasteiger partial charge in [0.1, 0.15) is 6.61 Å². The lowest BCUT2D eigenvalue weighted by Gasteiger charge is -2.28. The third kappa shape index (κ3) is 6.08. The van der Waals surface area contributed by atoms with Crippen molar-refractivity contribution in [3.63, 3.8) is 0 Å². The third-order valence-corrected chi connectivity index (χ3v) is 6.13. The molecule has 1 amide bonds. The highest BCUT2D eigenvalue weighted by molar-refractivity contribution is 6.00. The number of carbonyl (C=O) groups is 2. The molecule has 1 fully saturated rings. The van der Waals surface area contributed by atoms with Gasteiger partial charge < -0.3 is 27.4 Å². The monoisotopic (exact) mass is 443 g/mol. The Kier molecular flexibility index (Phi) is 9.53. The lowest BCUT2D eigenvalue weighted by Crippen LogP contribution is -3.00. The Bertz CT molecular complexity index is 830. The third-order valence-electron chi connectivity index (χ3n) is 6.13. The zero-order valence-corrected chi connectivity index (χ0v) is 19.2. The number of hydrogen-bond donors (Lipinski definition) is 1. The summed E-state index contributed by atoms with van der Waals surface area (Å²) in [6.45, 7) is 7.16. The molecule has 2 aromatic rings. The van der Waals surface area contributed by atoms with E-state index in [2.05, 4.69) is 24.1 Å². The Morgan fingerprint density at radius 1 is 0.968 bits per heavy atom. The van der Waals surface area contributed by atoms with E-state index in [1.165, 1.54) is 0 Å². The summed E-state index contributed by atoms with van der Waals surface area (Å²) in [4.78, 5) is 27.7. The first-order valence-electron chi connectivity index (χ1n) is 11.0. The number of rotatable bonds is 9. The molecule has 1 saturated carbocycles. The highest BCUT2D eigenvalue weighted by Gasteiger charge is 2.42. The molecule has 0 heterocycles. The second-order valence-electron chi connectivity index (χ2n) is 7.85. The number of amides is 1.